The third-order valence-corrected chi connectivity index (χ3v) is 4.14. The zero-order chi connectivity index (χ0) is 18.8. The summed E-state index contributed by atoms with van der Waals surface area (Å²) < 4.78 is 5.10. The molecule has 1 amide bonds. The van der Waals surface area contributed by atoms with E-state index in [2.05, 4.69) is 5.32 Å². The first-order valence-electron chi connectivity index (χ1n) is 8.74. The molecule has 136 valence electrons. The average molecular weight is 351 g/mol. The molecule has 2 rings (SSSR count). The van der Waals surface area contributed by atoms with E-state index in [0.29, 0.717) is 6.54 Å². The Labute approximate surface area is 154 Å². The van der Waals surface area contributed by atoms with E-state index in [1.165, 1.54) is 0 Å². The fourth-order valence-corrected chi connectivity index (χ4v) is 2.47. The van der Waals surface area contributed by atoms with Crippen LogP contribution in [0.4, 0.5) is 0 Å². The number of ketones is 1. The van der Waals surface area contributed by atoms with Crippen LogP contribution in [0.25, 0.3) is 0 Å². The van der Waals surface area contributed by atoms with Crippen molar-refractivity contribution in [2.45, 2.75) is 32.2 Å². The minimum absolute atomic E-state index is 0.0348. The molecule has 1 atom stereocenters. The number of nitrogens with one attached hydrogen (secondary N) is 1. The molecule has 0 aromatic heterocycles. The van der Waals surface area contributed by atoms with E-state index >= 15 is 0 Å². The maximum Gasteiger partial charge on any atom is 0.220 e. The largest absolute Gasteiger partial charge is 0.497 e. The first-order chi connectivity index (χ1) is 12.6. The zero-order valence-corrected chi connectivity index (χ0v) is 15.3. The first-order valence-corrected chi connectivity index (χ1v) is 8.74. The highest BCUT2D eigenvalue weighted by molar-refractivity contribution is 5.92. The molecule has 1 unspecified atom stereocenters. The average Bonchev–Trinajstić information content (AvgIpc) is 2.69. The van der Waals surface area contributed by atoms with Crippen molar-refractivity contribution >= 4 is 11.7 Å². The van der Waals surface area contributed by atoms with Crippen molar-refractivity contribution in [2.75, 3.05) is 7.11 Å². The second-order valence-corrected chi connectivity index (χ2v) is 6.15. The summed E-state index contributed by atoms with van der Waals surface area (Å²) in [5.41, 5.74) is 2.15. The van der Waals surface area contributed by atoms with E-state index in [0.717, 1.165) is 16.9 Å². The van der Waals surface area contributed by atoms with E-state index in [4.69, 9.17) is 4.74 Å². The Balaban J connectivity index is 1.70. The zero-order valence-electron chi connectivity index (χ0n) is 15.3. The lowest BCUT2D eigenvalue weighted by Crippen LogP contribution is -2.23. The highest BCUT2D eigenvalue weighted by Gasteiger charge is 2.06. The first kappa shape index (κ1) is 19.4. The van der Waals surface area contributed by atoms with Crippen LogP contribution < -0.4 is 10.1 Å². The van der Waals surface area contributed by atoms with Gasteiger partial charge in [0, 0.05) is 19.4 Å². The van der Waals surface area contributed by atoms with Gasteiger partial charge in [0.2, 0.25) is 5.91 Å². The normalized spacial score (nSPS) is 11.9. The summed E-state index contributed by atoms with van der Waals surface area (Å²) in [5, 5.41) is 2.83. The maximum atomic E-state index is 11.9. The molecule has 26 heavy (non-hydrogen) atoms. The molecule has 0 heterocycles. The maximum absolute atomic E-state index is 11.9. The van der Waals surface area contributed by atoms with E-state index < -0.39 is 0 Å². The van der Waals surface area contributed by atoms with Crippen LogP contribution in [0.3, 0.4) is 0 Å². The van der Waals surface area contributed by atoms with Crippen molar-refractivity contribution in [3.8, 4) is 5.75 Å². The molecule has 4 heteroatoms. The lowest BCUT2D eigenvalue weighted by Gasteiger charge is -2.06. The predicted molar refractivity (Wildman–Crippen MR) is 103 cm³/mol. The molecule has 0 aliphatic carbocycles. The quantitative estimate of drug-likeness (QED) is 0.694. The molecule has 0 fully saturated rings. The molecule has 0 aliphatic heterocycles. The molecule has 2 aromatic carbocycles. The van der Waals surface area contributed by atoms with E-state index in [1.54, 1.807) is 13.2 Å². The topological polar surface area (TPSA) is 55.4 Å². The Morgan fingerprint density at radius 3 is 2.38 bits per heavy atom. The van der Waals surface area contributed by atoms with Gasteiger partial charge < -0.3 is 10.1 Å². The van der Waals surface area contributed by atoms with Gasteiger partial charge in [0.05, 0.1) is 7.11 Å². The van der Waals surface area contributed by atoms with Gasteiger partial charge in [0.1, 0.15) is 5.75 Å². The van der Waals surface area contributed by atoms with Gasteiger partial charge in [0.15, 0.2) is 5.78 Å². The van der Waals surface area contributed by atoms with E-state index in [9.17, 15) is 9.59 Å². The summed E-state index contributed by atoms with van der Waals surface area (Å²) in [6, 6.07) is 17.5. The van der Waals surface area contributed by atoms with Crippen molar-refractivity contribution in [1.29, 1.82) is 0 Å². The van der Waals surface area contributed by atoms with Gasteiger partial charge in [-0.15, -0.1) is 0 Å². The molecule has 0 bridgehead atoms. The summed E-state index contributed by atoms with van der Waals surface area (Å²) in [5.74, 6) is 0.789. The van der Waals surface area contributed by atoms with Crippen LogP contribution in [0.2, 0.25) is 0 Å². The summed E-state index contributed by atoms with van der Waals surface area (Å²) in [6.45, 7) is 2.48. The molecule has 0 spiro atoms. The van der Waals surface area contributed by atoms with E-state index in [1.807, 2.05) is 67.6 Å². The minimum atomic E-state index is -0.126. The number of methoxy groups -OCH3 is 1. The number of carbonyl (C=O) groups excluding carboxylic acids is 2. The van der Waals surface area contributed by atoms with E-state index in [-0.39, 0.29) is 30.4 Å². The molecular weight excluding hydrogens is 326 g/mol. The van der Waals surface area contributed by atoms with Gasteiger partial charge in [-0.25, -0.2) is 0 Å². The Morgan fingerprint density at radius 2 is 1.73 bits per heavy atom. The van der Waals surface area contributed by atoms with Gasteiger partial charge in [-0.05, 0) is 35.3 Å². The number of hydrogen-bond acceptors (Lipinski definition) is 3. The number of allylic oxidation sites excluding steroid dienone is 2. The smallest absolute Gasteiger partial charge is 0.220 e. The molecular formula is C22H25NO3. The fourth-order valence-electron chi connectivity index (χ4n) is 2.47. The summed E-state index contributed by atoms with van der Waals surface area (Å²) in [6.07, 6.45) is 3.87. The second kappa shape index (κ2) is 10.2. The number of amides is 1. The van der Waals surface area contributed by atoms with Crippen molar-refractivity contribution < 1.29 is 14.3 Å². The van der Waals surface area contributed by atoms with Gasteiger partial charge >= 0.3 is 0 Å². The lowest BCUT2D eigenvalue weighted by atomic mass is 10.00. The van der Waals surface area contributed by atoms with Crippen molar-refractivity contribution in [1.82, 2.24) is 5.32 Å². The number of hydrogen-bond donors (Lipinski definition) is 1. The molecule has 0 radical (unpaired) electrons. The standard InChI is InChI=1S/C22H25NO3/c1-17(19-6-4-3-5-7-19)8-11-20(24)12-15-22(25)23-16-18-9-13-21(26-2)14-10-18/h3-11,13-14,17H,12,15-16H2,1-2H3,(H,23,25)/b11-8+. The van der Waals surface area contributed by atoms with Crippen LogP contribution in [0.1, 0.15) is 36.8 Å². The van der Waals surface area contributed by atoms with Crippen LogP contribution in [0.5, 0.6) is 5.75 Å². The Morgan fingerprint density at radius 1 is 1.04 bits per heavy atom. The van der Waals surface area contributed by atoms with Crippen molar-refractivity contribution in [3.63, 3.8) is 0 Å². The number of benzene rings is 2. The highest BCUT2D eigenvalue weighted by Crippen LogP contribution is 2.16. The molecule has 0 saturated carbocycles. The summed E-state index contributed by atoms with van der Waals surface area (Å²) in [7, 11) is 1.61. The predicted octanol–water partition coefficient (Wildman–Crippen LogP) is 4.02. The van der Waals surface area contributed by atoms with Gasteiger partial charge in [-0.3, -0.25) is 9.59 Å². The molecule has 2 aromatic rings. The number of ether oxygens (including phenoxy) is 1. The fraction of sp³-hybridized carbons (Fsp3) is 0.273. The van der Waals surface area contributed by atoms with Crippen LogP contribution in [0.15, 0.2) is 66.7 Å². The summed E-state index contributed by atoms with van der Waals surface area (Å²) >= 11 is 0. The Bertz CT molecular complexity index is 736. The molecule has 1 N–H and O–H groups in total. The molecule has 0 saturated heterocycles. The summed E-state index contributed by atoms with van der Waals surface area (Å²) in [4.78, 5) is 23.8. The van der Waals surface area contributed by atoms with Crippen LogP contribution >= 0.6 is 0 Å². The molecule has 4 nitrogen and oxygen atoms in total. The van der Waals surface area contributed by atoms with Crippen molar-refractivity contribution in [2.24, 2.45) is 0 Å². The van der Waals surface area contributed by atoms with Gasteiger partial charge in [-0.1, -0.05) is 55.5 Å². The molecule has 0 aliphatic rings. The second-order valence-electron chi connectivity index (χ2n) is 6.15. The van der Waals surface area contributed by atoms with Gasteiger partial charge in [-0.2, -0.15) is 0 Å². The highest BCUT2D eigenvalue weighted by atomic mass is 16.5. The SMILES string of the molecule is COc1ccc(CNC(=O)CCC(=O)/C=C/C(C)c2ccccc2)cc1. The van der Waals surface area contributed by atoms with Crippen LogP contribution in [0, 0.1) is 0 Å². The number of rotatable bonds is 9. The van der Waals surface area contributed by atoms with Crippen LogP contribution in [-0.2, 0) is 16.1 Å². The monoisotopic (exact) mass is 351 g/mol. The van der Waals surface area contributed by atoms with Gasteiger partial charge in [0.25, 0.3) is 0 Å². The Hall–Kier alpha value is -2.88. The Kier molecular flexibility index (Phi) is 7.62. The third-order valence-electron chi connectivity index (χ3n) is 4.14. The minimum Gasteiger partial charge on any atom is -0.497 e. The van der Waals surface area contributed by atoms with Crippen LogP contribution in [-0.4, -0.2) is 18.8 Å². The van der Waals surface area contributed by atoms with Crippen molar-refractivity contribution in [3.05, 3.63) is 77.9 Å². The lowest BCUT2D eigenvalue weighted by molar-refractivity contribution is -0.124. The number of carbonyl (C=O) groups is 2. The third kappa shape index (κ3) is 6.55.